The second-order valence-corrected chi connectivity index (χ2v) is 8.45. The van der Waals surface area contributed by atoms with Crippen LogP contribution in [0.25, 0.3) is 0 Å². The van der Waals surface area contributed by atoms with Crippen LogP contribution in [0.3, 0.4) is 0 Å². The second-order valence-electron chi connectivity index (χ2n) is 6.46. The van der Waals surface area contributed by atoms with Gasteiger partial charge in [-0.3, -0.25) is 0 Å². The molecular formula is C19H23NO3S. The lowest BCUT2D eigenvalue weighted by Gasteiger charge is -2.28. The van der Waals surface area contributed by atoms with Crippen molar-refractivity contribution in [3.05, 3.63) is 71.3 Å². The molecule has 0 radical (unpaired) electrons. The molecule has 0 spiro atoms. The molecule has 0 aliphatic carbocycles. The molecule has 1 N–H and O–H groups in total. The van der Waals surface area contributed by atoms with Crippen LogP contribution in [0.5, 0.6) is 0 Å². The molecule has 0 bridgehead atoms. The number of ether oxygens (including phenoxy) is 1. The fourth-order valence-electron chi connectivity index (χ4n) is 2.19. The first-order chi connectivity index (χ1) is 11.3. The molecule has 0 fully saturated rings. The topological polar surface area (TPSA) is 61.4 Å². The van der Waals surface area contributed by atoms with Crippen LogP contribution in [0.2, 0.25) is 0 Å². The number of benzene rings is 2. The highest BCUT2D eigenvalue weighted by molar-refractivity contribution is 7.90. The third-order valence-electron chi connectivity index (χ3n) is 3.58. The van der Waals surface area contributed by atoms with Crippen LogP contribution in [-0.4, -0.2) is 22.4 Å². The number of rotatable bonds is 5. The number of hydrogen-bond acceptors (Lipinski definition) is 4. The molecule has 4 nitrogen and oxygen atoms in total. The predicted octanol–water partition coefficient (Wildman–Crippen LogP) is 3.61. The van der Waals surface area contributed by atoms with Crippen molar-refractivity contribution >= 4 is 17.3 Å². The number of methoxy groups -OCH3 is 1. The van der Waals surface area contributed by atoms with E-state index in [0.29, 0.717) is 5.56 Å². The molecule has 2 aromatic rings. The average molecular weight is 345 g/mol. The molecule has 0 saturated carbocycles. The normalized spacial score (nSPS) is 14.0. The van der Waals surface area contributed by atoms with Gasteiger partial charge in [-0.15, -0.1) is 4.72 Å². The summed E-state index contributed by atoms with van der Waals surface area (Å²) in [7, 11) is 1.36. The fourth-order valence-corrected chi connectivity index (χ4v) is 3.03. The Balaban J connectivity index is 2.34. The van der Waals surface area contributed by atoms with E-state index in [4.69, 9.17) is 4.74 Å². The van der Waals surface area contributed by atoms with Gasteiger partial charge in [0.25, 0.3) is 0 Å². The minimum absolute atomic E-state index is 0.224. The van der Waals surface area contributed by atoms with Gasteiger partial charge in [0, 0.05) is 11.4 Å². The molecule has 0 aliphatic rings. The van der Waals surface area contributed by atoms with Crippen molar-refractivity contribution in [2.45, 2.75) is 31.6 Å². The van der Waals surface area contributed by atoms with Crippen molar-refractivity contribution in [1.82, 2.24) is 4.72 Å². The summed E-state index contributed by atoms with van der Waals surface area (Å²) in [6, 6.07) is 16.8. The van der Waals surface area contributed by atoms with Crippen LogP contribution in [0.1, 0.15) is 48.3 Å². The van der Waals surface area contributed by atoms with Gasteiger partial charge in [-0.05, 0) is 44.0 Å². The van der Waals surface area contributed by atoms with Crippen molar-refractivity contribution in [2.75, 3.05) is 7.11 Å². The fraction of sp³-hybridized carbons (Fsp3) is 0.316. The highest BCUT2D eigenvalue weighted by Gasteiger charge is 2.30. The largest absolute Gasteiger partial charge is 0.598 e. The van der Waals surface area contributed by atoms with E-state index in [-0.39, 0.29) is 16.8 Å². The quantitative estimate of drug-likeness (QED) is 0.664. The molecule has 2 aromatic carbocycles. The standard InChI is InChI=1S/C19H23NO3S/c1-19(2,3)24(22)20-17(14-8-6-5-7-9-14)15-10-12-16(13-11-15)18(21)23-4/h5-13,17,20H,1-4H3/t17-,24?/m0/s1. The Morgan fingerprint density at radius 1 is 1.04 bits per heavy atom. The third-order valence-corrected chi connectivity index (χ3v) is 5.14. The van der Waals surface area contributed by atoms with Gasteiger partial charge in [-0.1, -0.05) is 42.5 Å². The molecule has 24 heavy (non-hydrogen) atoms. The predicted molar refractivity (Wildman–Crippen MR) is 97.1 cm³/mol. The number of carbonyl (C=O) groups excluding carboxylic acids is 1. The number of esters is 1. The Morgan fingerprint density at radius 2 is 1.58 bits per heavy atom. The molecule has 1 unspecified atom stereocenters. The first-order valence-electron chi connectivity index (χ1n) is 7.74. The van der Waals surface area contributed by atoms with Gasteiger partial charge in [0.15, 0.2) is 0 Å². The van der Waals surface area contributed by atoms with E-state index < -0.39 is 11.4 Å². The Morgan fingerprint density at radius 3 is 2.08 bits per heavy atom. The van der Waals surface area contributed by atoms with E-state index in [1.165, 1.54) is 7.11 Å². The summed E-state index contributed by atoms with van der Waals surface area (Å²) in [6.07, 6.45) is 0. The molecule has 2 rings (SSSR count). The van der Waals surface area contributed by atoms with E-state index >= 15 is 0 Å². The van der Waals surface area contributed by atoms with Gasteiger partial charge in [0.1, 0.15) is 10.8 Å². The summed E-state index contributed by atoms with van der Waals surface area (Å²) in [6.45, 7) is 5.79. The van der Waals surface area contributed by atoms with E-state index in [1.54, 1.807) is 12.1 Å². The second kappa shape index (κ2) is 7.83. The zero-order valence-corrected chi connectivity index (χ0v) is 15.2. The smallest absolute Gasteiger partial charge is 0.337 e. The molecule has 0 aliphatic heterocycles. The SMILES string of the molecule is COC(=O)c1ccc([C@@H](N[S+]([O-])C(C)(C)C)c2ccccc2)cc1. The molecule has 0 amide bonds. The zero-order valence-electron chi connectivity index (χ0n) is 14.4. The molecule has 128 valence electrons. The maximum absolute atomic E-state index is 12.6. The van der Waals surface area contributed by atoms with Gasteiger partial charge in [0.2, 0.25) is 0 Å². The van der Waals surface area contributed by atoms with Crippen LogP contribution in [0.15, 0.2) is 54.6 Å². The summed E-state index contributed by atoms with van der Waals surface area (Å²) in [5, 5.41) is 0. The van der Waals surface area contributed by atoms with E-state index in [0.717, 1.165) is 11.1 Å². The Bertz CT molecular complexity index is 665. The summed E-state index contributed by atoms with van der Waals surface area (Å²) in [5.74, 6) is -0.371. The van der Waals surface area contributed by atoms with Crippen LogP contribution in [0.4, 0.5) is 0 Å². The summed E-state index contributed by atoms with van der Waals surface area (Å²) < 4.78 is 20.1. The van der Waals surface area contributed by atoms with Crippen molar-refractivity contribution in [2.24, 2.45) is 0 Å². The number of hydrogen-bond donors (Lipinski definition) is 1. The van der Waals surface area contributed by atoms with Gasteiger partial charge < -0.3 is 9.29 Å². The van der Waals surface area contributed by atoms with Gasteiger partial charge >= 0.3 is 5.97 Å². The number of nitrogens with one attached hydrogen (secondary N) is 1. The van der Waals surface area contributed by atoms with Crippen LogP contribution in [-0.2, 0) is 16.1 Å². The van der Waals surface area contributed by atoms with E-state index in [2.05, 4.69) is 4.72 Å². The molecule has 0 saturated heterocycles. The summed E-state index contributed by atoms with van der Waals surface area (Å²) in [4.78, 5) is 11.6. The first-order valence-corrected chi connectivity index (χ1v) is 8.89. The Labute approximate surface area is 146 Å². The van der Waals surface area contributed by atoms with E-state index in [1.807, 2.05) is 63.2 Å². The van der Waals surface area contributed by atoms with Crippen LogP contribution >= 0.6 is 0 Å². The molecule has 0 heterocycles. The van der Waals surface area contributed by atoms with Crippen molar-refractivity contribution in [1.29, 1.82) is 0 Å². The molecule has 0 aromatic heterocycles. The van der Waals surface area contributed by atoms with Crippen LogP contribution in [0, 0.1) is 0 Å². The highest BCUT2D eigenvalue weighted by Crippen LogP contribution is 2.26. The van der Waals surface area contributed by atoms with Gasteiger partial charge in [0.05, 0.1) is 12.7 Å². The molecular weight excluding hydrogens is 322 g/mol. The minimum atomic E-state index is -1.23. The van der Waals surface area contributed by atoms with Crippen LogP contribution < -0.4 is 4.72 Å². The highest BCUT2D eigenvalue weighted by atomic mass is 32.2. The first kappa shape index (κ1) is 18.5. The lowest BCUT2D eigenvalue weighted by molar-refractivity contribution is 0.0600. The van der Waals surface area contributed by atoms with Gasteiger partial charge in [-0.2, -0.15) is 0 Å². The average Bonchev–Trinajstić information content (AvgIpc) is 2.59. The monoisotopic (exact) mass is 345 g/mol. The third kappa shape index (κ3) is 4.60. The minimum Gasteiger partial charge on any atom is -0.598 e. The van der Waals surface area contributed by atoms with E-state index in [9.17, 15) is 9.35 Å². The molecule has 2 atom stereocenters. The van der Waals surface area contributed by atoms with Crippen molar-refractivity contribution < 1.29 is 14.1 Å². The van der Waals surface area contributed by atoms with Crippen molar-refractivity contribution in [3.63, 3.8) is 0 Å². The maximum Gasteiger partial charge on any atom is 0.337 e. The maximum atomic E-state index is 12.6. The molecule has 5 heteroatoms. The lowest BCUT2D eigenvalue weighted by Crippen LogP contribution is -2.41. The Hall–Kier alpha value is -1.82. The van der Waals surface area contributed by atoms with Gasteiger partial charge in [-0.25, -0.2) is 4.79 Å². The zero-order chi connectivity index (χ0) is 17.7. The van der Waals surface area contributed by atoms with Crippen molar-refractivity contribution in [3.8, 4) is 0 Å². The Kier molecular flexibility index (Phi) is 6.04. The summed E-state index contributed by atoms with van der Waals surface area (Å²) >= 11 is -1.23. The number of carbonyl (C=O) groups is 1. The summed E-state index contributed by atoms with van der Waals surface area (Å²) in [5.41, 5.74) is 2.44. The lowest BCUT2D eigenvalue weighted by atomic mass is 9.99.